The molecule has 0 aromatic heterocycles. The summed E-state index contributed by atoms with van der Waals surface area (Å²) in [6.07, 6.45) is 8.16. The molecule has 0 aromatic rings. The molecule has 1 aliphatic carbocycles. The first kappa shape index (κ1) is 9.01. The summed E-state index contributed by atoms with van der Waals surface area (Å²) in [5.74, 6) is 6.31. The fourth-order valence-electron chi connectivity index (χ4n) is 2.12. The third-order valence-corrected chi connectivity index (χ3v) is 2.87. The zero-order valence-electron chi connectivity index (χ0n) is 7.47. The Morgan fingerprint density at radius 2 is 2.00 bits per heavy atom. The first-order chi connectivity index (χ1) is 5.38. The predicted octanol–water partition coefficient (Wildman–Crippen LogP) is 1.81. The van der Waals surface area contributed by atoms with Crippen LogP contribution in [0.4, 0.5) is 0 Å². The van der Waals surface area contributed by atoms with Crippen molar-refractivity contribution in [2.24, 2.45) is 11.8 Å². The van der Waals surface area contributed by atoms with Crippen LogP contribution >= 0.6 is 0 Å². The lowest BCUT2D eigenvalue weighted by atomic mass is 9.83. The van der Waals surface area contributed by atoms with Crippen LogP contribution in [0.5, 0.6) is 0 Å². The molecule has 0 radical (unpaired) electrons. The highest BCUT2D eigenvalue weighted by molar-refractivity contribution is 4.76. The van der Waals surface area contributed by atoms with Gasteiger partial charge in [-0.25, -0.2) is 0 Å². The van der Waals surface area contributed by atoms with Gasteiger partial charge in [0.15, 0.2) is 0 Å². The first-order valence-electron chi connectivity index (χ1n) is 4.84. The minimum atomic E-state index is 0.565. The Hall–Kier alpha value is -0.0800. The van der Waals surface area contributed by atoms with Gasteiger partial charge in [-0.2, -0.15) is 0 Å². The third kappa shape index (κ3) is 2.46. The molecule has 11 heavy (non-hydrogen) atoms. The molecule has 1 unspecified atom stereocenters. The van der Waals surface area contributed by atoms with Gasteiger partial charge in [-0.05, 0) is 25.2 Å². The lowest BCUT2D eigenvalue weighted by molar-refractivity contribution is 0.265. The van der Waals surface area contributed by atoms with Crippen LogP contribution in [0, 0.1) is 5.92 Å². The normalized spacial score (nSPS) is 23.5. The van der Waals surface area contributed by atoms with Crippen LogP contribution in [0.15, 0.2) is 0 Å². The zero-order chi connectivity index (χ0) is 8.10. The number of hydrogen-bond donors (Lipinski definition) is 2. The molecule has 1 aliphatic rings. The second-order valence-corrected chi connectivity index (χ2v) is 3.58. The van der Waals surface area contributed by atoms with Crippen molar-refractivity contribution in [1.82, 2.24) is 5.43 Å². The maximum absolute atomic E-state index is 5.46. The molecule has 0 bridgehead atoms. The average Bonchev–Trinajstić information content (AvgIpc) is 2.09. The Morgan fingerprint density at radius 1 is 1.36 bits per heavy atom. The van der Waals surface area contributed by atoms with E-state index in [1.807, 2.05) is 0 Å². The second-order valence-electron chi connectivity index (χ2n) is 3.58. The van der Waals surface area contributed by atoms with Gasteiger partial charge >= 0.3 is 0 Å². The molecule has 0 aromatic carbocycles. The maximum atomic E-state index is 5.46. The Labute approximate surface area is 69.5 Å². The van der Waals surface area contributed by atoms with Gasteiger partial charge in [-0.15, -0.1) is 0 Å². The average molecular weight is 156 g/mol. The molecule has 1 atom stereocenters. The van der Waals surface area contributed by atoms with E-state index in [4.69, 9.17) is 5.84 Å². The van der Waals surface area contributed by atoms with Crippen molar-refractivity contribution in [3.05, 3.63) is 0 Å². The van der Waals surface area contributed by atoms with E-state index in [1.54, 1.807) is 0 Å². The van der Waals surface area contributed by atoms with Gasteiger partial charge in [-0.1, -0.05) is 26.2 Å². The summed E-state index contributed by atoms with van der Waals surface area (Å²) in [4.78, 5) is 0. The van der Waals surface area contributed by atoms with Crippen molar-refractivity contribution in [1.29, 1.82) is 0 Å². The molecular weight excluding hydrogens is 136 g/mol. The Bertz CT molecular complexity index is 93.7. The van der Waals surface area contributed by atoms with Gasteiger partial charge in [-0.3, -0.25) is 11.3 Å². The Kier molecular flexibility index (Phi) is 3.87. The fourth-order valence-corrected chi connectivity index (χ4v) is 2.12. The van der Waals surface area contributed by atoms with Crippen LogP contribution in [0.25, 0.3) is 0 Å². The zero-order valence-corrected chi connectivity index (χ0v) is 7.47. The van der Waals surface area contributed by atoms with Gasteiger partial charge in [0.25, 0.3) is 0 Å². The molecule has 0 heterocycles. The van der Waals surface area contributed by atoms with Gasteiger partial charge < -0.3 is 0 Å². The predicted molar refractivity (Wildman–Crippen MR) is 48.0 cm³/mol. The van der Waals surface area contributed by atoms with Crippen LogP contribution < -0.4 is 11.3 Å². The minimum absolute atomic E-state index is 0.565. The quantitative estimate of drug-likeness (QED) is 0.483. The van der Waals surface area contributed by atoms with Gasteiger partial charge in [0.1, 0.15) is 0 Å². The van der Waals surface area contributed by atoms with Crippen LogP contribution in [0.3, 0.4) is 0 Å². The highest BCUT2D eigenvalue weighted by atomic mass is 15.2. The van der Waals surface area contributed by atoms with E-state index in [0.717, 1.165) is 5.92 Å². The van der Waals surface area contributed by atoms with Gasteiger partial charge in [0.05, 0.1) is 0 Å². The van der Waals surface area contributed by atoms with Crippen LogP contribution in [0.1, 0.15) is 45.4 Å². The Balaban J connectivity index is 2.30. The van der Waals surface area contributed by atoms with E-state index in [9.17, 15) is 0 Å². The largest absolute Gasteiger partial charge is 0.271 e. The second kappa shape index (κ2) is 4.73. The highest BCUT2D eigenvalue weighted by Gasteiger charge is 2.20. The van der Waals surface area contributed by atoms with Crippen LogP contribution in [-0.2, 0) is 0 Å². The van der Waals surface area contributed by atoms with E-state index >= 15 is 0 Å². The first-order valence-corrected chi connectivity index (χ1v) is 4.84. The standard InChI is InChI=1S/C9H20N2/c1-2-9(11-10)8-6-4-3-5-7-8/h8-9,11H,2-7,10H2,1H3. The van der Waals surface area contributed by atoms with E-state index in [2.05, 4.69) is 12.3 Å². The molecule has 0 spiro atoms. The fraction of sp³-hybridized carbons (Fsp3) is 1.00. The van der Waals surface area contributed by atoms with Crippen molar-refractivity contribution in [3.8, 4) is 0 Å². The molecule has 2 nitrogen and oxygen atoms in total. The summed E-state index contributed by atoms with van der Waals surface area (Å²) in [5.41, 5.74) is 2.92. The smallest absolute Gasteiger partial charge is 0.0236 e. The molecule has 1 rings (SSSR count). The topological polar surface area (TPSA) is 38.0 Å². The summed E-state index contributed by atoms with van der Waals surface area (Å²) in [7, 11) is 0. The monoisotopic (exact) mass is 156 g/mol. The summed E-state index contributed by atoms with van der Waals surface area (Å²) in [6.45, 7) is 2.21. The van der Waals surface area contributed by atoms with Gasteiger partial charge in [0, 0.05) is 6.04 Å². The van der Waals surface area contributed by atoms with E-state index in [0.29, 0.717) is 6.04 Å². The van der Waals surface area contributed by atoms with Crippen molar-refractivity contribution < 1.29 is 0 Å². The molecule has 0 aliphatic heterocycles. The van der Waals surface area contributed by atoms with E-state index in [-0.39, 0.29) is 0 Å². The van der Waals surface area contributed by atoms with Gasteiger partial charge in [0.2, 0.25) is 0 Å². The minimum Gasteiger partial charge on any atom is -0.271 e. The van der Waals surface area contributed by atoms with E-state index < -0.39 is 0 Å². The molecule has 1 fully saturated rings. The molecule has 2 heteroatoms. The number of hydrazine groups is 1. The summed E-state index contributed by atoms with van der Waals surface area (Å²) >= 11 is 0. The highest BCUT2D eigenvalue weighted by Crippen LogP contribution is 2.27. The summed E-state index contributed by atoms with van der Waals surface area (Å²) in [6, 6.07) is 0.565. The van der Waals surface area contributed by atoms with Crippen LogP contribution in [-0.4, -0.2) is 6.04 Å². The summed E-state index contributed by atoms with van der Waals surface area (Å²) in [5, 5.41) is 0. The third-order valence-electron chi connectivity index (χ3n) is 2.87. The van der Waals surface area contributed by atoms with Crippen LogP contribution in [0.2, 0.25) is 0 Å². The number of nitrogens with one attached hydrogen (secondary N) is 1. The van der Waals surface area contributed by atoms with E-state index in [1.165, 1.54) is 38.5 Å². The molecule has 3 N–H and O–H groups in total. The Morgan fingerprint density at radius 3 is 2.45 bits per heavy atom. The molecule has 0 saturated heterocycles. The van der Waals surface area contributed by atoms with Crippen molar-refractivity contribution in [2.45, 2.75) is 51.5 Å². The molecular formula is C9H20N2. The lowest BCUT2D eigenvalue weighted by Gasteiger charge is -2.28. The van der Waals surface area contributed by atoms with Crippen molar-refractivity contribution in [2.75, 3.05) is 0 Å². The van der Waals surface area contributed by atoms with Crippen molar-refractivity contribution in [3.63, 3.8) is 0 Å². The number of hydrogen-bond acceptors (Lipinski definition) is 2. The number of rotatable bonds is 3. The molecule has 66 valence electrons. The summed E-state index contributed by atoms with van der Waals surface area (Å²) < 4.78 is 0. The molecule has 1 saturated carbocycles. The van der Waals surface area contributed by atoms with Crippen molar-refractivity contribution >= 4 is 0 Å². The maximum Gasteiger partial charge on any atom is 0.0236 e. The molecule has 0 amide bonds. The lowest BCUT2D eigenvalue weighted by Crippen LogP contribution is -2.41. The number of nitrogens with two attached hydrogens (primary N) is 1. The SMILES string of the molecule is CCC(NN)C1CCCCC1.